The second kappa shape index (κ2) is 7.73. The minimum absolute atomic E-state index is 0.297. The number of carbonyl (C=O) groups excluding carboxylic acids is 2. The Hall–Kier alpha value is -2.62. The maximum atomic E-state index is 13.0. The number of hydrogen-bond donors (Lipinski definition) is 0. The van der Waals surface area contributed by atoms with Crippen molar-refractivity contribution in [2.75, 3.05) is 6.61 Å². The van der Waals surface area contributed by atoms with Gasteiger partial charge in [0.2, 0.25) is 0 Å². The molecule has 136 valence electrons. The van der Waals surface area contributed by atoms with Gasteiger partial charge in [0.25, 0.3) is 0 Å². The molecule has 0 spiro atoms. The van der Waals surface area contributed by atoms with Crippen molar-refractivity contribution < 1.29 is 19.1 Å². The zero-order valence-electron chi connectivity index (χ0n) is 15.2. The van der Waals surface area contributed by atoms with Crippen molar-refractivity contribution in [3.05, 3.63) is 71.3 Å². The van der Waals surface area contributed by atoms with Crippen LogP contribution in [-0.4, -0.2) is 24.6 Å². The predicted octanol–water partition coefficient (Wildman–Crippen LogP) is 4.21. The Morgan fingerprint density at radius 1 is 1.08 bits per heavy atom. The summed E-state index contributed by atoms with van der Waals surface area (Å²) in [5.41, 5.74) is 1.52. The van der Waals surface area contributed by atoms with Gasteiger partial charge in [-0.15, -0.1) is 0 Å². The van der Waals surface area contributed by atoms with Crippen molar-refractivity contribution in [2.45, 2.75) is 44.6 Å². The van der Waals surface area contributed by atoms with Crippen LogP contribution in [0.4, 0.5) is 0 Å². The number of hydrogen-bond acceptors (Lipinski definition) is 4. The third kappa shape index (κ3) is 3.36. The van der Waals surface area contributed by atoms with E-state index in [-0.39, 0.29) is 5.97 Å². The van der Waals surface area contributed by atoms with Gasteiger partial charge in [0.1, 0.15) is 11.5 Å². The standard InChI is InChI=1S/C22H24O4/c1-3-25-21(24)22(18-13-11-16(2)12-14-18)15-7-10-19(22)26-20(23)17-8-5-4-6-9-17/h4-6,8-9,11-14,19H,3,7,10,15H2,1-2H3. The topological polar surface area (TPSA) is 52.6 Å². The Labute approximate surface area is 154 Å². The van der Waals surface area contributed by atoms with Crippen LogP contribution in [0, 0.1) is 6.92 Å². The zero-order valence-corrected chi connectivity index (χ0v) is 15.2. The molecule has 1 aliphatic carbocycles. The first-order valence-electron chi connectivity index (χ1n) is 9.08. The van der Waals surface area contributed by atoms with Crippen molar-refractivity contribution in [1.82, 2.24) is 0 Å². The molecule has 0 bridgehead atoms. The molecule has 4 nitrogen and oxygen atoms in total. The van der Waals surface area contributed by atoms with Gasteiger partial charge in [-0.05, 0) is 50.8 Å². The Kier molecular flexibility index (Phi) is 5.40. The summed E-state index contributed by atoms with van der Waals surface area (Å²) in [6.45, 7) is 4.09. The molecule has 2 aromatic carbocycles. The summed E-state index contributed by atoms with van der Waals surface area (Å²) in [5, 5.41) is 0. The summed E-state index contributed by atoms with van der Waals surface area (Å²) < 4.78 is 11.2. The fourth-order valence-electron chi connectivity index (χ4n) is 3.70. The van der Waals surface area contributed by atoms with Gasteiger partial charge in [0, 0.05) is 0 Å². The molecule has 0 radical (unpaired) electrons. The molecule has 0 saturated heterocycles. The van der Waals surface area contributed by atoms with Crippen LogP contribution in [0.1, 0.15) is 47.7 Å². The van der Waals surface area contributed by atoms with Crippen LogP contribution in [0.25, 0.3) is 0 Å². The van der Waals surface area contributed by atoms with E-state index in [0.29, 0.717) is 25.0 Å². The smallest absolute Gasteiger partial charge is 0.338 e. The number of esters is 2. The van der Waals surface area contributed by atoms with Gasteiger partial charge >= 0.3 is 11.9 Å². The van der Waals surface area contributed by atoms with Crippen LogP contribution >= 0.6 is 0 Å². The zero-order chi connectivity index (χ0) is 18.6. The molecular formula is C22H24O4. The highest BCUT2D eigenvalue weighted by Crippen LogP contribution is 2.44. The second-order valence-electron chi connectivity index (χ2n) is 6.71. The van der Waals surface area contributed by atoms with Crippen molar-refractivity contribution in [2.24, 2.45) is 0 Å². The van der Waals surface area contributed by atoms with E-state index in [1.54, 1.807) is 31.2 Å². The lowest BCUT2D eigenvalue weighted by molar-refractivity contribution is -0.154. The predicted molar refractivity (Wildman–Crippen MR) is 99.0 cm³/mol. The Bertz CT molecular complexity index is 766. The van der Waals surface area contributed by atoms with E-state index in [0.717, 1.165) is 17.5 Å². The van der Waals surface area contributed by atoms with Crippen LogP contribution < -0.4 is 0 Å². The van der Waals surface area contributed by atoms with E-state index < -0.39 is 17.5 Å². The molecule has 0 aromatic heterocycles. The molecule has 3 rings (SSSR count). The van der Waals surface area contributed by atoms with Gasteiger partial charge in [0.05, 0.1) is 12.2 Å². The van der Waals surface area contributed by atoms with Crippen molar-refractivity contribution in [1.29, 1.82) is 0 Å². The van der Waals surface area contributed by atoms with E-state index in [2.05, 4.69) is 0 Å². The first-order valence-corrected chi connectivity index (χ1v) is 9.08. The Balaban J connectivity index is 1.95. The fraction of sp³-hybridized carbons (Fsp3) is 0.364. The molecule has 26 heavy (non-hydrogen) atoms. The molecule has 1 saturated carbocycles. The van der Waals surface area contributed by atoms with Crippen molar-refractivity contribution in [3.63, 3.8) is 0 Å². The van der Waals surface area contributed by atoms with Gasteiger partial charge in [0.15, 0.2) is 0 Å². The normalized spacial score (nSPS) is 22.0. The summed E-state index contributed by atoms with van der Waals surface area (Å²) in [6, 6.07) is 16.7. The minimum atomic E-state index is -0.936. The van der Waals surface area contributed by atoms with Gasteiger partial charge < -0.3 is 9.47 Å². The Morgan fingerprint density at radius 3 is 2.42 bits per heavy atom. The van der Waals surface area contributed by atoms with E-state index in [4.69, 9.17) is 9.47 Å². The number of ether oxygens (including phenoxy) is 2. The lowest BCUT2D eigenvalue weighted by Gasteiger charge is -2.33. The molecule has 0 N–H and O–H groups in total. The molecule has 2 atom stereocenters. The van der Waals surface area contributed by atoms with Crippen LogP contribution in [0.15, 0.2) is 54.6 Å². The van der Waals surface area contributed by atoms with Crippen LogP contribution in [0.3, 0.4) is 0 Å². The number of aryl methyl sites for hydroxylation is 1. The SMILES string of the molecule is CCOC(=O)C1(c2ccc(C)cc2)CCCC1OC(=O)c1ccccc1. The first-order chi connectivity index (χ1) is 12.6. The summed E-state index contributed by atoms with van der Waals surface area (Å²) in [4.78, 5) is 25.5. The molecule has 4 heteroatoms. The highest BCUT2D eigenvalue weighted by Gasteiger charge is 2.53. The first kappa shape index (κ1) is 18.2. The largest absolute Gasteiger partial charge is 0.465 e. The Morgan fingerprint density at radius 2 is 1.77 bits per heavy atom. The summed E-state index contributed by atoms with van der Waals surface area (Å²) in [6.07, 6.45) is 1.53. The fourth-order valence-corrected chi connectivity index (χ4v) is 3.70. The lowest BCUT2D eigenvalue weighted by atomic mass is 9.76. The highest BCUT2D eigenvalue weighted by atomic mass is 16.6. The van der Waals surface area contributed by atoms with E-state index >= 15 is 0 Å². The minimum Gasteiger partial charge on any atom is -0.465 e. The van der Waals surface area contributed by atoms with Gasteiger partial charge in [-0.2, -0.15) is 0 Å². The third-order valence-corrected chi connectivity index (χ3v) is 5.05. The maximum Gasteiger partial charge on any atom is 0.338 e. The molecular weight excluding hydrogens is 328 g/mol. The van der Waals surface area contributed by atoms with E-state index in [1.807, 2.05) is 37.3 Å². The number of benzene rings is 2. The highest BCUT2D eigenvalue weighted by molar-refractivity contribution is 5.91. The van der Waals surface area contributed by atoms with Gasteiger partial charge in [-0.25, -0.2) is 4.79 Å². The van der Waals surface area contributed by atoms with E-state index in [1.165, 1.54) is 0 Å². The van der Waals surface area contributed by atoms with Gasteiger partial charge in [-0.1, -0.05) is 48.0 Å². The molecule has 1 aliphatic rings. The summed E-state index contributed by atoms with van der Waals surface area (Å²) >= 11 is 0. The third-order valence-electron chi connectivity index (χ3n) is 5.05. The second-order valence-corrected chi connectivity index (χ2v) is 6.71. The van der Waals surface area contributed by atoms with E-state index in [9.17, 15) is 9.59 Å². The van der Waals surface area contributed by atoms with Crippen LogP contribution in [0.5, 0.6) is 0 Å². The molecule has 2 unspecified atom stereocenters. The summed E-state index contributed by atoms with van der Waals surface area (Å²) in [7, 11) is 0. The molecule has 0 aliphatic heterocycles. The maximum absolute atomic E-state index is 13.0. The lowest BCUT2D eigenvalue weighted by Crippen LogP contribution is -2.46. The quantitative estimate of drug-likeness (QED) is 0.757. The molecule has 0 heterocycles. The average molecular weight is 352 g/mol. The molecule has 2 aromatic rings. The van der Waals surface area contributed by atoms with Gasteiger partial charge in [-0.3, -0.25) is 4.79 Å². The van der Waals surface area contributed by atoms with Crippen LogP contribution in [0.2, 0.25) is 0 Å². The number of rotatable bonds is 5. The van der Waals surface area contributed by atoms with Crippen molar-refractivity contribution >= 4 is 11.9 Å². The molecule has 1 fully saturated rings. The van der Waals surface area contributed by atoms with Crippen molar-refractivity contribution in [3.8, 4) is 0 Å². The van der Waals surface area contributed by atoms with Crippen LogP contribution in [-0.2, 0) is 19.7 Å². The number of carbonyl (C=O) groups is 2. The monoisotopic (exact) mass is 352 g/mol. The average Bonchev–Trinajstić information content (AvgIpc) is 3.07. The molecule has 0 amide bonds. The summed E-state index contributed by atoms with van der Waals surface area (Å²) in [5.74, 6) is -0.717.